The van der Waals surface area contributed by atoms with Gasteiger partial charge in [-0.05, 0) is 49.1 Å². The van der Waals surface area contributed by atoms with Crippen molar-refractivity contribution < 1.29 is 39.0 Å². The number of rotatable bonds is 19. The third-order valence-electron chi connectivity index (χ3n) is 8.05. The molecule has 3 aromatic carbocycles. The van der Waals surface area contributed by atoms with E-state index in [0.29, 0.717) is 16.7 Å². The summed E-state index contributed by atoms with van der Waals surface area (Å²) < 4.78 is -1.09. The number of aromatic hydroxyl groups is 1. The summed E-state index contributed by atoms with van der Waals surface area (Å²) in [5.74, 6) is -5.02. The van der Waals surface area contributed by atoms with Crippen LogP contribution in [0.4, 0.5) is 0 Å². The highest BCUT2D eigenvalue weighted by atomic mass is 32.1. The fraction of sp³-hybridized carbons (Fsp3) is 0.351. The number of phenolic OH excluding ortho intramolecular Hbond substituents is 1. The Kier molecular flexibility index (Phi) is 16.2. The predicted molar refractivity (Wildman–Crippen MR) is 205 cm³/mol. The summed E-state index contributed by atoms with van der Waals surface area (Å²) in [6, 6.07) is 17.7. The molecule has 5 amide bonds. The van der Waals surface area contributed by atoms with Crippen LogP contribution in [0.3, 0.4) is 0 Å². The molecule has 3 rings (SSSR count). The van der Waals surface area contributed by atoms with Crippen molar-refractivity contribution in [2.75, 3.05) is 12.3 Å². The van der Waals surface area contributed by atoms with Crippen LogP contribution in [-0.4, -0.2) is 93.0 Å². The number of aliphatic carboxylic acids is 1. The van der Waals surface area contributed by atoms with Gasteiger partial charge in [-0.15, -0.1) is 0 Å². The van der Waals surface area contributed by atoms with Gasteiger partial charge in [0.2, 0.25) is 29.5 Å². The summed E-state index contributed by atoms with van der Waals surface area (Å²) in [5.41, 5.74) is 8.15. The molecule has 0 bridgehead atoms. The monoisotopic (exact) mass is 766 g/mol. The van der Waals surface area contributed by atoms with Crippen LogP contribution in [0.2, 0.25) is 0 Å². The molecule has 0 aliphatic carbocycles. The smallest absolute Gasteiger partial charge is 0.326 e. The van der Waals surface area contributed by atoms with E-state index in [9.17, 15) is 39.0 Å². The molecule has 0 spiro atoms. The van der Waals surface area contributed by atoms with Crippen molar-refractivity contribution in [1.82, 2.24) is 26.6 Å². The molecule has 9 N–H and O–H groups in total. The quantitative estimate of drug-likeness (QED) is 0.0767. The number of hydrogen-bond acceptors (Lipinski definition) is 10. The first kappa shape index (κ1) is 42.4. The van der Waals surface area contributed by atoms with Crippen molar-refractivity contribution in [2.24, 2.45) is 5.73 Å². The maximum absolute atomic E-state index is 13.6. The molecule has 0 saturated carbocycles. The maximum Gasteiger partial charge on any atom is 0.326 e. The van der Waals surface area contributed by atoms with Crippen LogP contribution in [0.25, 0.3) is 0 Å². The number of carboxylic acid groups (broad SMARTS) is 1. The van der Waals surface area contributed by atoms with Gasteiger partial charge in [0.15, 0.2) is 0 Å². The van der Waals surface area contributed by atoms with E-state index in [2.05, 4.69) is 51.8 Å². The molecule has 0 fully saturated rings. The highest BCUT2D eigenvalue weighted by Gasteiger charge is 2.35. The van der Waals surface area contributed by atoms with Crippen molar-refractivity contribution in [3.63, 3.8) is 0 Å². The Morgan fingerprint density at radius 1 is 0.660 bits per heavy atom. The van der Waals surface area contributed by atoms with Gasteiger partial charge in [0, 0.05) is 23.3 Å². The van der Waals surface area contributed by atoms with Gasteiger partial charge in [0.05, 0.1) is 12.6 Å². The topological polar surface area (TPSA) is 229 Å². The SMILES string of the molecule is CC(C)(S)[C@@H](NC(=O)[C@@H](N)Cc1ccc(O)cc1)C(=O)NCC(=O)N[C@@H](Cc1ccccc1)C(=O)N[C@@H](CS)C(=O)N[C@@H](Cc1ccccc1)C(=O)O. The lowest BCUT2D eigenvalue weighted by molar-refractivity contribution is -0.142. The standard InChI is InChI=1S/C37H46N6O8S2/c1-37(2,53)31(43-32(46)26(38)17-24-13-15-25(44)16-14-24)35(49)39-20-30(45)40-27(18-22-9-5-3-6-10-22)33(47)42-29(21-52)34(48)41-28(36(50)51)19-23-11-7-4-8-12-23/h3-16,26-29,31,44,52-53H,17-21,38H2,1-2H3,(H,39,49)(H,40,45)(H,41,48)(H,42,47)(H,43,46)(H,50,51)/t26-,27-,28-,29-,31-/m0/s1. The summed E-state index contributed by atoms with van der Waals surface area (Å²) >= 11 is 8.66. The first-order chi connectivity index (χ1) is 25.1. The lowest BCUT2D eigenvalue weighted by atomic mass is 10.0. The zero-order valence-electron chi connectivity index (χ0n) is 29.3. The van der Waals surface area contributed by atoms with E-state index in [1.54, 1.807) is 86.6 Å². The molecule has 53 heavy (non-hydrogen) atoms. The number of benzene rings is 3. The Morgan fingerprint density at radius 2 is 1.15 bits per heavy atom. The minimum Gasteiger partial charge on any atom is -0.508 e. The third kappa shape index (κ3) is 14.1. The van der Waals surface area contributed by atoms with Crippen molar-refractivity contribution in [2.45, 2.75) is 68.1 Å². The Labute approximate surface area is 318 Å². The number of hydrogen-bond donors (Lipinski definition) is 10. The second kappa shape index (κ2) is 20.3. The fourth-order valence-corrected chi connectivity index (χ4v) is 5.59. The van der Waals surface area contributed by atoms with Crippen molar-refractivity contribution in [1.29, 1.82) is 0 Å². The van der Waals surface area contributed by atoms with Gasteiger partial charge in [0.25, 0.3) is 0 Å². The first-order valence-electron chi connectivity index (χ1n) is 16.7. The number of amides is 5. The van der Waals surface area contributed by atoms with E-state index in [1.807, 2.05) is 0 Å². The van der Waals surface area contributed by atoms with E-state index in [0.717, 1.165) is 0 Å². The second-order valence-corrected chi connectivity index (χ2v) is 14.5. The molecule has 0 aromatic heterocycles. The van der Waals surface area contributed by atoms with Crippen LogP contribution < -0.4 is 32.3 Å². The number of nitrogens with two attached hydrogens (primary N) is 1. The molecule has 0 aliphatic heterocycles. The number of thiol groups is 2. The van der Waals surface area contributed by atoms with Gasteiger partial charge in [-0.1, -0.05) is 72.8 Å². The van der Waals surface area contributed by atoms with E-state index >= 15 is 0 Å². The number of carboxylic acids is 1. The van der Waals surface area contributed by atoms with Gasteiger partial charge in [-0.3, -0.25) is 24.0 Å². The second-order valence-electron chi connectivity index (χ2n) is 12.9. The predicted octanol–water partition coefficient (Wildman–Crippen LogP) is 0.526. The normalized spacial score (nSPS) is 14.0. The first-order valence-corrected chi connectivity index (χ1v) is 17.8. The molecule has 5 atom stereocenters. The number of phenols is 1. The lowest BCUT2D eigenvalue weighted by Crippen LogP contribution is -2.60. The Hall–Kier alpha value is -5.06. The van der Waals surface area contributed by atoms with Gasteiger partial charge < -0.3 is 42.5 Å². The molecule has 0 saturated heterocycles. The minimum absolute atomic E-state index is 0.00904. The van der Waals surface area contributed by atoms with Crippen molar-refractivity contribution in [3.05, 3.63) is 102 Å². The summed E-state index contributed by atoms with van der Waals surface area (Å²) in [6.45, 7) is 2.62. The van der Waals surface area contributed by atoms with Crippen LogP contribution in [0, 0.1) is 0 Å². The molecule has 3 aromatic rings. The molecule has 284 valence electrons. The minimum atomic E-state index is -1.28. The van der Waals surface area contributed by atoms with Gasteiger partial charge in [-0.2, -0.15) is 25.3 Å². The molecule has 0 aliphatic rings. The summed E-state index contributed by atoms with van der Waals surface area (Å²) in [6.07, 6.45) is 0.152. The van der Waals surface area contributed by atoms with Crippen LogP contribution in [0.15, 0.2) is 84.9 Å². The number of carbonyl (C=O) groups is 6. The average molecular weight is 767 g/mol. The van der Waals surface area contributed by atoms with Crippen molar-refractivity contribution >= 4 is 60.8 Å². The zero-order valence-corrected chi connectivity index (χ0v) is 31.1. The largest absolute Gasteiger partial charge is 0.508 e. The molecule has 0 radical (unpaired) electrons. The summed E-state index contributed by atoms with van der Waals surface area (Å²) in [5, 5.41) is 31.9. The molecular weight excluding hydrogens is 721 g/mol. The number of carbonyl (C=O) groups excluding carboxylic acids is 5. The summed E-state index contributed by atoms with van der Waals surface area (Å²) in [7, 11) is 0. The number of nitrogens with one attached hydrogen (secondary N) is 5. The van der Waals surface area contributed by atoms with Gasteiger partial charge in [0.1, 0.15) is 29.9 Å². The Morgan fingerprint density at radius 3 is 1.66 bits per heavy atom. The van der Waals surface area contributed by atoms with Crippen LogP contribution in [0.5, 0.6) is 5.75 Å². The lowest BCUT2D eigenvalue weighted by Gasteiger charge is -2.30. The molecule has 14 nitrogen and oxygen atoms in total. The van der Waals surface area contributed by atoms with E-state index in [1.165, 1.54) is 12.1 Å². The Bertz CT molecular complexity index is 1710. The molecule has 16 heteroatoms. The van der Waals surface area contributed by atoms with E-state index in [-0.39, 0.29) is 30.8 Å². The van der Waals surface area contributed by atoms with Crippen LogP contribution in [0.1, 0.15) is 30.5 Å². The van der Waals surface area contributed by atoms with Gasteiger partial charge in [-0.25, -0.2) is 4.79 Å². The fourth-order valence-electron chi connectivity index (χ4n) is 5.15. The maximum atomic E-state index is 13.6. The zero-order chi connectivity index (χ0) is 39.1. The third-order valence-corrected chi connectivity index (χ3v) is 8.68. The molecule has 0 heterocycles. The van der Waals surface area contributed by atoms with Gasteiger partial charge >= 0.3 is 5.97 Å². The van der Waals surface area contributed by atoms with E-state index < -0.39 is 77.0 Å². The van der Waals surface area contributed by atoms with Crippen molar-refractivity contribution in [3.8, 4) is 5.75 Å². The average Bonchev–Trinajstić information content (AvgIpc) is 3.12. The molecule has 0 unspecified atom stereocenters. The van der Waals surface area contributed by atoms with Crippen LogP contribution in [-0.2, 0) is 48.0 Å². The highest BCUT2D eigenvalue weighted by Crippen LogP contribution is 2.18. The highest BCUT2D eigenvalue weighted by molar-refractivity contribution is 7.81. The van der Waals surface area contributed by atoms with E-state index in [4.69, 9.17) is 5.73 Å². The molecular formula is C37H46N6O8S2. The summed E-state index contributed by atoms with van der Waals surface area (Å²) in [4.78, 5) is 78.0. The van der Waals surface area contributed by atoms with Crippen LogP contribution >= 0.6 is 25.3 Å². The Balaban J connectivity index is 1.66.